The van der Waals surface area contributed by atoms with E-state index < -0.39 is 5.97 Å². The molecule has 0 aliphatic carbocycles. The van der Waals surface area contributed by atoms with Gasteiger partial charge in [0.05, 0.1) is 12.7 Å². The van der Waals surface area contributed by atoms with Crippen molar-refractivity contribution < 1.29 is 9.53 Å². The number of esters is 1. The van der Waals surface area contributed by atoms with Gasteiger partial charge in [-0.3, -0.25) is 0 Å². The van der Waals surface area contributed by atoms with E-state index >= 15 is 0 Å². The van der Waals surface area contributed by atoms with Crippen molar-refractivity contribution in [1.82, 2.24) is 9.97 Å². The lowest BCUT2D eigenvalue weighted by Crippen LogP contribution is -2.04. The highest BCUT2D eigenvalue weighted by molar-refractivity contribution is 5.88. The maximum Gasteiger partial charge on any atom is 0.341 e. The largest absolute Gasteiger partial charge is 0.465 e. The Balaban J connectivity index is 2.63. The van der Waals surface area contributed by atoms with Crippen molar-refractivity contribution in [1.29, 1.82) is 0 Å². The molecule has 0 fully saturated rings. The summed E-state index contributed by atoms with van der Waals surface area (Å²) in [5.41, 5.74) is 0.396. The van der Waals surface area contributed by atoms with Gasteiger partial charge in [0.15, 0.2) is 0 Å². The van der Waals surface area contributed by atoms with E-state index in [1.165, 1.54) is 19.5 Å². The van der Waals surface area contributed by atoms with Crippen LogP contribution < -0.4 is 0 Å². The molecule has 0 bridgehead atoms. The van der Waals surface area contributed by atoms with E-state index in [0.717, 1.165) is 25.1 Å². The molecule has 0 aliphatic rings. The Bertz CT molecular complexity index is 295. The van der Waals surface area contributed by atoms with E-state index in [1.54, 1.807) is 0 Å². The zero-order chi connectivity index (χ0) is 10.4. The average molecular weight is 194 g/mol. The van der Waals surface area contributed by atoms with Crippen LogP contribution in [0.15, 0.2) is 12.4 Å². The highest BCUT2D eigenvalue weighted by atomic mass is 16.5. The first-order chi connectivity index (χ1) is 6.77. The van der Waals surface area contributed by atoms with E-state index in [2.05, 4.69) is 21.6 Å². The van der Waals surface area contributed by atoms with Gasteiger partial charge in [-0.1, -0.05) is 13.3 Å². The number of carbonyl (C=O) groups is 1. The van der Waals surface area contributed by atoms with Crippen molar-refractivity contribution >= 4 is 5.97 Å². The highest BCUT2D eigenvalue weighted by Crippen LogP contribution is 2.01. The van der Waals surface area contributed by atoms with E-state index in [0.29, 0.717) is 5.56 Å². The summed E-state index contributed by atoms with van der Waals surface area (Å²) in [6.45, 7) is 2.11. The number of nitrogens with zero attached hydrogens (tertiary/aromatic N) is 2. The molecule has 1 heterocycles. The normalized spacial score (nSPS) is 9.86. The molecule has 4 nitrogen and oxygen atoms in total. The van der Waals surface area contributed by atoms with E-state index in [9.17, 15) is 4.79 Å². The Labute approximate surface area is 83.3 Å². The Hall–Kier alpha value is -1.45. The second kappa shape index (κ2) is 5.32. The van der Waals surface area contributed by atoms with Crippen LogP contribution >= 0.6 is 0 Å². The monoisotopic (exact) mass is 194 g/mol. The van der Waals surface area contributed by atoms with Crippen LogP contribution in [-0.4, -0.2) is 23.0 Å². The van der Waals surface area contributed by atoms with Gasteiger partial charge in [0.25, 0.3) is 0 Å². The number of rotatable bonds is 4. The molecule has 0 saturated carbocycles. The number of unbranched alkanes of at least 4 members (excludes halogenated alkanes) is 1. The van der Waals surface area contributed by atoms with Gasteiger partial charge >= 0.3 is 5.97 Å². The molecular formula is C10H14N2O2. The van der Waals surface area contributed by atoms with Gasteiger partial charge in [0, 0.05) is 18.8 Å². The molecule has 0 spiro atoms. The summed E-state index contributed by atoms with van der Waals surface area (Å²) in [7, 11) is 1.34. The Morgan fingerprint density at radius 3 is 2.57 bits per heavy atom. The lowest BCUT2D eigenvalue weighted by atomic mass is 10.2. The topological polar surface area (TPSA) is 52.1 Å². The van der Waals surface area contributed by atoms with Gasteiger partial charge in [-0.15, -0.1) is 0 Å². The number of methoxy groups -OCH3 is 1. The van der Waals surface area contributed by atoms with Crippen LogP contribution in [0.2, 0.25) is 0 Å². The first-order valence-electron chi connectivity index (χ1n) is 4.67. The quantitative estimate of drug-likeness (QED) is 0.683. The van der Waals surface area contributed by atoms with Gasteiger partial charge in [-0.25, -0.2) is 14.8 Å². The number of carbonyl (C=O) groups excluding carboxylic acids is 1. The molecule has 0 radical (unpaired) electrons. The van der Waals surface area contributed by atoms with Crippen LogP contribution in [0, 0.1) is 0 Å². The predicted octanol–water partition coefficient (Wildman–Crippen LogP) is 1.61. The fourth-order valence-corrected chi connectivity index (χ4v) is 1.04. The maximum atomic E-state index is 11.0. The minimum Gasteiger partial charge on any atom is -0.465 e. The summed E-state index contributed by atoms with van der Waals surface area (Å²) in [5, 5.41) is 0. The Kier molecular flexibility index (Phi) is 4.04. The maximum absolute atomic E-state index is 11.0. The van der Waals surface area contributed by atoms with E-state index in [-0.39, 0.29) is 0 Å². The molecule has 0 aromatic carbocycles. The first-order valence-corrected chi connectivity index (χ1v) is 4.67. The third-order valence-corrected chi connectivity index (χ3v) is 1.88. The van der Waals surface area contributed by atoms with Gasteiger partial charge in [0.1, 0.15) is 5.82 Å². The van der Waals surface area contributed by atoms with E-state index in [1.807, 2.05) is 0 Å². The molecule has 14 heavy (non-hydrogen) atoms. The third-order valence-electron chi connectivity index (χ3n) is 1.88. The van der Waals surface area contributed by atoms with Crippen molar-refractivity contribution in [2.75, 3.05) is 7.11 Å². The molecule has 0 aliphatic heterocycles. The summed E-state index contributed by atoms with van der Waals surface area (Å²) in [5.74, 6) is 0.381. The third kappa shape index (κ3) is 2.80. The van der Waals surface area contributed by atoms with Crippen LogP contribution in [0.5, 0.6) is 0 Å². The standard InChI is InChI=1S/C10H14N2O2/c1-3-4-5-9-11-6-8(7-12-9)10(13)14-2/h6-7H,3-5H2,1-2H3. The average Bonchev–Trinajstić information content (AvgIpc) is 2.26. The Morgan fingerprint density at radius 2 is 2.07 bits per heavy atom. The van der Waals surface area contributed by atoms with E-state index in [4.69, 9.17) is 0 Å². The SMILES string of the molecule is CCCCc1ncc(C(=O)OC)cn1. The van der Waals surface area contributed by atoms with Crippen molar-refractivity contribution in [2.24, 2.45) is 0 Å². The van der Waals surface area contributed by atoms with Crippen molar-refractivity contribution in [3.05, 3.63) is 23.8 Å². The zero-order valence-corrected chi connectivity index (χ0v) is 8.49. The lowest BCUT2D eigenvalue weighted by molar-refractivity contribution is 0.0599. The second-order valence-corrected chi connectivity index (χ2v) is 2.98. The number of aromatic nitrogens is 2. The van der Waals surface area contributed by atoms with Crippen LogP contribution in [-0.2, 0) is 11.2 Å². The summed E-state index contributed by atoms with van der Waals surface area (Å²) >= 11 is 0. The molecule has 0 saturated heterocycles. The lowest BCUT2D eigenvalue weighted by Gasteiger charge is -2.00. The van der Waals surface area contributed by atoms with Gasteiger partial charge < -0.3 is 4.74 Å². The summed E-state index contributed by atoms with van der Waals surface area (Å²) in [6.07, 6.45) is 6.05. The number of hydrogen-bond acceptors (Lipinski definition) is 4. The smallest absolute Gasteiger partial charge is 0.341 e. The highest BCUT2D eigenvalue weighted by Gasteiger charge is 2.05. The van der Waals surface area contributed by atoms with Gasteiger partial charge in [0.2, 0.25) is 0 Å². The Morgan fingerprint density at radius 1 is 1.43 bits per heavy atom. The minimum atomic E-state index is -0.396. The van der Waals surface area contributed by atoms with Crippen LogP contribution in [0.3, 0.4) is 0 Å². The molecule has 1 aromatic rings. The predicted molar refractivity (Wildman–Crippen MR) is 52.0 cm³/mol. The minimum absolute atomic E-state index is 0.396. The summed E-state index contributed by atoms with van der Waals surface area (Å²) < 4.78 is 4.54. The second-order valence-electron chi connectivity index (χ2n) is 2.98. The van der Waals surface area contributed by atoms with Crippen LogP contribution in [0.4, 0.5) is 0 Å². The molecule has 0 unspecified atom stereocenters. The van der Waals surface area contributed by atoms with Crippen molar-refractivity contribution in [3.8, 4) is 0 Å². The number of aryl methyl sites for hydroxylation is 1. The zero-order valence-electron chi connectivity index (χ0n) is 8.49. The molecule has 0 N–H and O–H groups in total. The molecular weight excluding hydrogens is 180 g/mol. The first kappa shape index (κ1) is 10.6. The molecule has 0 amide bonds. The molecule has 1 aromatic heterocycles. The van der Waals surface area contributed by atoms with Crippen molar-refractivity contribution in [2.45, 2.75) is 26.2 Å². The summed E-state index contributed by atoms with van der Waals surface area (Å²) in [4.78, 5) is 19.2. The van der Waals surface area contributed by atoms with Gasteiger partial charge in [-0.05, 0) is 6.42 Å². The van der Waals surface area contributed by atoms with Crippen LogP contribution in [0.1, 0.15) is 35.9 Å². The number of ether oxygens (including phenoxy) is 1. The van der Waals surface area contributed by atoms with Crippen molar-refractivity contribution in [3.63, 3.8) is 0 Å². The van der Waals surface area contributed by atoms with Crippen LogP contribution in [0.25, 0.3) is 0 Å². The molecule has 76 valence electrons. The number of hydrogen-bond donors (Lipinski definition) is 0. The molecule has 4 heteroatoms. The fourth-order valence-electron chi connectivity index (χ4n) is 1.04. The summed E-state index contributed by atoms with van der Waals surface area (Å²) in [6, 6.07) is 0. The van der Waals surface area contributed by atoms with Gasteiger partial charge in [-0.2, -0.15) is 0 Å². The molecule has 1 rings (SSSR count). The molecule has 0 atom stereocenters. The fraction of sp³-hybridized carbons (Fsp3) is 0.500.